The van der Waals surface area contributed by atoms with Crippen LogP contribution in [0, 0.1) is 5.92 Å². The van der Waals surface area contributed by atoms with Crippen LogP contribution in [-0.2, 0) is 4.74 Å². The maximum Gasteiger partial charge on any atom is 0.109 e. The molecule has 0 radical (unpaired) electrons. The number of ether oxygens (including phenoxy) is 1. The van der Waals surface area contributed by atoms with E-state index in [2.05, 4.69) is 19.9 Å². The van der Waals surface area contributed by atoms with Gasteiger partial charge in [0.05, 0.1) is 12.6 Å². The maximum absolute atomic E-state index is 6.00. The number of nitrogens with two attached hydrogens (primary N) is 1. The summed E-state index contributed by atoms with van der Waals surface area (Å²) in [4.78, 5) is 0. The monoisotopic (exact) mass is 183 g/mol. The van der Waals surface area contributed by atoms with Crippen molar-refractivity contribution in [2.75, 3.05) is 6.61 Å². The van der Waals surface area contributed by atoms with E-state index in [1.54, 1.807) is 0 Å². The van der Waals surface area contributed by atoms with E-state index < -0.39 is 0 Å². The zero-order valence-corrected chi connectivity index (χ0v) is 8.75. The number of hydrogen-bond acceptors (Lipinski definition) is 2. The van der Waals surface area contributed by atoms with Crippen LogP contribution in [0.5, 0.6) is 0 Å². The summed E-state index contributed by atoms with van der Waals surface area (Å²) in [5.74, 6) is 1.75. The second kappa shape index (κ2) is 5.28. The minimum Gasteiger partial charge on any atom is -0.497 e. The molecule has 0 aliphatic carbocycles. The van der Waals surface area contributed by atoms with Gasteiger partial charge in [-0.3, -0.25) is 0 Å². The Balaban J connectivity index is 2.29. The predicted octanol–water partition coefficient (Wildman–Crippen LogP) is 2.44. The summed E-state index contributed by atoms with van der Waals surface area (Å²) in [5.41, 5.74) is 6.00. The Morgan fingerprint density at radius 1 is 1.46 bits per heavy atom. The number of hydrogen-bond donors (Lipinski definition) is 1. The van der Waals surface area contributed by atoms with Gasteiger partial charge in [-0.05, 0) is 37.7 Å². The average molecular weight is 183 g/mol. The molecule has 0 spiro atoms. The first kappa shape index (κ1) is 10.6. The lowest BCUT2D eigenvalue weighted by Gasteiger charge is -2.21. The summed E-state index contributed by atoms with van der Waals surface area (Å²) in [6.07, 6.45) is 6.64. The zero-order chi connectivity index (χ0) is 9.68. The molecule has 2 N–H and O–H groups in total. The third kappa shape index (κ3) is 3.81. The third-order valence-electron chi connectivity index (χ3n) is 2.38. The zero-order valence-electron chi connectivity index (χ0n) is 8.75. The first-order valence-electron chi connectivity index (χ1n) is 5.28. The van der Waals surface area contributed by atoms with Crippen LogP contribution in [-0.4, -0.2) is 12.6 Å². The van der Waals surface area contributed by atoms with E-state index in [-0.39, 0.29) is 6.04 Å². The van der Waals surface area contributed by atoms with Crippen molar-refractivity contribution >= 4 is 0 Å². The van der Waals surface area contributed by atoms with E-state index in [4.69, 9.17) is 10.5 Å². The van der Waals surface area contributed by atoms with Crippen LogP contribution in [0.3, 0.4) is 0 Å². The molecule has 0 saturated heterocycles. The molecule has 0 aromatic rings. The average Bonchev–Trinajstić information content (AvgIpc) is 2.15. The molecular formula is C11H21NO. The molecule has 1 rings (SSSR count). The normalized spacial score (nSPS) is 19.5. The fraction of sp³-hybridized carbons (Fsp3) is 0.818. The van der Waals surface area contributed by atoms with Gasteiger partial charge in [-0.2, -0.15) is 0 Å². The fourth-order valence-electron chi connectivity index (χ4n) is 1.49. The van der Waals surface area contributed by atoms with Crippen molar-refractivity contribution in [3.05, 3.63) is 11.8 Å². The SMILES string of the molecule is CC(C)CCC(N)C1=CCCCO1. The molecule has 1 heterocycles. The molecular weight excluding hydrogens is 162 g/mol. The molecule has 1 aliphatic heterocycles. The van der Waals surface area contributed by atoms with Crippen LogP contribution < -0.4 is 5.73 Å². The van der Waals surface area contributed by atoms with Crippen LogP contribution in [0.15, 0.2) is 11.8 Å². The van der Waals surface area contributed by atoms with E-state index >= 15 is 0 Å². The minimum atomic E-state index is 0.127. The summed E-state index contributed by atoms with van der Waals surface area (Å²) >= 11 is 0. The molecule has 2 heteroatoms. The molecule has 1 atom stereocenters. The Labute approximate surface area is 81.1 Å². The van der Waals surface area contributed by atoms with Gasteiger partial charge in [-0.1, -0.05) is 13.8 Å². The van der Waals surface area contributed by atoms with Crippen molar-refractivity contribution in [1.29, 1.82) is 0 Å². The lowest BCUT2D eigenvalue weighted by atomic mass is 10.0. The molecule has 13 heavy (non-hydrogen) atoms. The minimum absolute atomic E-state index is 0.127. The highest BCUT2D eigenvalue weighted by molar-refractivity contribution is 5.04. The molecule has 0 fully saturated rings. The first-order chi connectivity index (χ1) is 6.20. The largest absolute Gasteiger partial charge is 0.497 e. The van der Waals surface area contributed by atoms with E-state index in [0.29, 0.717) is 0 Å². The van der Waals surface area contributed by atoms with Crippen LogP contribution in [0.4, 0.5) is 0 Å². The first-order valence-corrected chi connectivity index (χ1v) is 5.28. The maximum atomic E-state index is 6.00. The van der Waals surface area contributed by atoms with Crippen molar-refractivity contribution in [3.8, 4) is 0 Å². The van der Waals surface area contributed by atoms with Crippen molar-refractivity contribution in [2.45, 2.75) is 45.6 Å². The highest BCUT2D eigenvalue weighted by Crippen LogP contribution is 2.17. The van der Waals surface area contributed by atoms with Gasteiger partial charge in [0.25, 0.3) is 0 Å². The van der Waals surface area contributed by atoms with Gasteiger partial charge in [-0.15, -0.1) is 0 Å². The summed E-state index contributed by atoms with van der Waals surface area (Å²) in [6, 6.07) is 0.127. The van der Waals surface area contributed by atoms with Crippen LogP contribution in [0.25, 0.3) is 0 Å². The van der Waals surface area contributed by atoms with Gasteiger partial charge < -0.3 is 10.5 Å². The lowest BCUT2D eigenvalue weighted by Crippen LogP contribution is -2.26. The Kier molecular flexibility index (Phi) is 4.29. The molecule has 0 saturated carbocycles. The van der Waals surface area contributed by atoms with Crippen molar-refractivity contribution < 1.29 is 4.74 Å². The van der Waals surface area contributed by atoms with Crippen molar-refractivity contribution in [2.24, 2.45) is 11.7 Å². The molecule has 1 unspecified atom stereocenters. The Bertz CT molecular complexity index is 175. The van der Waals surface area contributed by atoms with Crippen molar-refractivity contribution in [3.63, 3.8) is 0 Å². The Hall–Kier alpha value is -0.500. The smallest absolute Gasteiger partial charge is 0.109 e. The molecule has 0 aromatic heterocycles. The molecule has 1 aliphatic rings. The van der Waals surface area contributed by atoms with Crippen LogP contribution in [0.2, 0.25) is 0 Å². The summed E-state index contributed by atoms with van der Waals surface area (Å²) in [5, 5.41) is 0. The van der Waals surface area contributed by atoms with E-state index in [1.165, 1.54) is 6.42 Å². The molecule has 76 valence electrons. The molecule has 0 bridgehead atoms. The predicted molar refractivity (Wildman–Crippen MR) is 55.3 cm³/mol. The summed E-state index contributed by atoms with van der Waals surface area (Å²) in [7, 11) is 0. The van der Waals surface area contributed by atoms with Crippen LogP contribution >= 0.6 is 0 Å². The van der Waals surface area contributed by atoms with Gasteiger partial charge in [0.1, 0.15) is 5.76 Å². The highest BCUT2D eigenvalue weighted by Gasteiger charge is 2.13. The summed E-state index contributed by atoms with van der Waals surface area (Å²) in [6.45, 7) is 5.30. The Morgan fingerprint density at radius 3 is 2.77 bits per heavy atom. The second-order valence-corrected chi connectivity index (χ2v) is 4.17. The van der Waals surface area contributed by atoms with Gasteiger partial charge in [-0.25, -0.2) is 0 Å². The highest BCUT2D eigenvalue weighted by atomic mass is 16.5. The second-order valence-electron chi connectivity index (χ2n) is 4.17. The lowest BCUT2D eigenvalue weighted by molar-refractivity contribution is 0.172. The van der Waals surface area contributed by atoms with E-state index in [0.717, 1.165) is 37.5 Å². The van der Waals surface area contributed by atoms with E-state index in [1.807, 2.05) is 0 Å². The third-order valence-corrected chi connectivity index (χ3v) is 2.38. The molecule has 0 amide bonds. The summed E-state index contributed by atoms with van der Waals surface area (Å²) < 4.78 is 5.51. The van der Waals surface area contributed by atoms with Gasteiger partial charge >= 0.3 is 0 Å². The topological polar surface area (TPSA) is 35.2 Å². The van der Waals surface area contributed by atoms with E-state index in [9.17, 15) is 0 Å². The van der Waals surface area contributed by atoms with Gasteiger partial charge in [0.2, 0.25) is 0 Å². The number of rotatable bonds is 4. The molecule has 0 aromatic carbocycles. The van der Waals surface area contributed by atoms with Gasteiger partial charge in [0, 0.05) is 0 Å². The quantitative estimate of drug-likeness (QED) is 0.726. The number of allylic oxidation sites excluding steroid dienone is 1. The molecule has 2 nitrogen and oxygen atoms in total. The van der Waals surface area contributed by atoms with Crippen molar-refractivity contribution in [1.82, 2.24) is 0 Å². The fourth-order valence-corrected chi connectivity index (χ4v) is 1.49. The Morgan fingerprint density at radius 2 is 2.23 bits per heavy atom. The van der Waals surface area contributed by atoms with Crippen LogP contribution in [0.1, 0.15) is 39.5 Å². The standard InChI is InChI=1S/C11H21NO/c1-9(2)6-7-10(12)11-5-3-4-8-13-11/h5,9-10H,3-4,6-8,12H2,1-2H3. The van der Waals surface area contributed by atoms with Gasteiger partial charge in [0.15, 0.2) is 0 Å².